The SMILES string of the molecule is CC1CN(Cc2csc(=O)[nH]2)C(C(C)C)CN1. The highest BCUT2D eigenvalue weighted by atomic mass is 32.1. The van der Waals surface area contributed by atoms with Crippen molar-refractivity contribution in [3.63, 3.8) is 0 Å². The molecule has 0 radical (unpaired) electrons. The lowest BCUT2D eigenvalue weighted by atomic mass is 9.98. The highest BCUT2D eigenvalue weighted by Gasteiger charge is 2.28. The average Bonchev–Trinajstić information content (AvgIpc) is 2.63. The summed E-state index contributed by atoms with van der Waals surface area (Å²) in [6.07, 6.45) is 0. The molecule has 2 atom stereocenters. The lowest BCUT2D eigenvalue weighted by molar-refractivity contribution is 0.0944. The largest absolute Gasteiger partial charge is 0.315 e. The Morgan fingerprint density at radius 2 is 2.35 bits per heavy atom. The molecule has 0 saturated carbocycles. The van der Waals surface area contributed by atoms with E-state index >= 15 is 0 Å². The van der Waals surface area contributed by atoms with E-state index < -0.39 is 0 Å². The number of hydrogen-bond donors (Lipinski definition) is 2. The molecule has 2 rings (SSSR count). The molecule has 96 valence electrons. The molecule has 0 spiro atoms. The van der Waals surface area contributed by atoms with E-state index in [1.54, 1.807) is 0 Å². The van der Waals surface area contributed by atoms with Gasteiger partial charge in [-0.2, -0.15) is 0 Å². The summed E-state index contributed by atoms with van der Waals surface area (Å²) in [5.74, 6) is 0.625. The van der Waals surface area contributed by atoms with Crippen LogP contribution in [-0.2, 0) is 6.54 Å². The average molecular weight is 255 g/mol. The van der Waals surface area contributed by atoms with Crippen molar-refractivity contribution in [2.75, 3.05) is 13.1 Å². The second-order valence-electron chi connectivity index (χ2n) is 5.22. The molecule has 2 N–H and O–H groups in total. The monoisotopic (exact) mass is 255 g/mol. The summed E-state index contributed by atoms with van der Waals surface area (Å²) in [4.78, 5) is 16.6. The Morgan fingerprint density at radius 3 is 2.94 bits per heavy atom. The number of nitrogens with one attached hydrogen (secondary N) is 2. The number of rotatable bonds is 3. The van der Waals surface area contributed by atoms with Gasteiger partial charge in [-0.15, -0.1) is 0 Å². The van der Waals surface area contributed by atoms with Gasteiger partial charge in [-0.1, -0.05) is 25.2 Å². The molecule has 1 aromatic rings. The predicted octanol–water partition coefficient (Wildman–Crippen LogP) is 1.25. The van der Waals surface area contributed by atoms with Crippen LogP contribution in [-0.4, -0.2) is 35.1 Å². The molecular weight excluding hydrogens is 234 g/mol. The fraction of sp³-hybridized carbons (Fsp3) is 0.750. The normalized spacial score (nSPS) is 26.6. The number of aromatic nitrogens is 1. The molecule has 1 aromatic heterocycles. The maximum atomic E-state index is 11.1. The second kappa shape index (κ2) is 5.33. The zero-order chi connectivity index (χ0) is 12.4. The standard InChI is InChI=1S/C12H21N3OS/c1-8(2)11-4-13-9(3)5-15(11)6-10-7-17-12(16)14-10/h7-9,11,13H,4-6H2,1-3H3,(H,14,16). The van der Waals surface area contributed by atoms with Crippen LogP contribution in [0.25, 0.3) is 0 Å². The molecule has 4 nitrogen and oxygen atoms in total. The van der Waals surface area contributed by atoms with Gasteiger partial charge < -0.3 is 10.3 Å². The van der Waals surface area contributed by atoms with Gasteiger partial charge in [0.05, 0.1) is 0 Å². The van der Waals surface area contributed by atoms with Crippen molar-refractivity contribution in [2.24, 2.45) is 5.92 Å². The minimum atomic E-state index is 0.0456. The number of aromatic amines is 1. The third kappa shape index (κ3) is 3.18. The van der Waals surface area contributed by atoms with Gasteiger partial charge in [-0.05, 0) is 12.8 Å². The first-order valence-electron chi connectivity index (χ1n) is 6.20. The Bertz CT molecular complexity index is 412. The van der Waals surface area contributed by atoms with E-state index in [-0.39, 0.29) is 4.87 Å². The maximum absolute atomic E-state index is 11.1. The third-order valence-corrected chi connectivity index (χ3v) is 4.09. The molecule has 2 unspecified atom stereocenters. The van der Waals surface area contributed by atoms with Crippen molar-refractivity contribution in [1.29, 1.82) is 0 Å². The molecule has 1 fully saturated rings. The van der Waals surface area contributed by atoms with Crippen molar-refractivity contribution in [2.45, 2.75) is 39.4 Å². The Kier molecular flexibility index (Phi) is 4.01. The summed E-state index contributed by atoms with van der Waals surface area (Å²) in [6, 6.07) is 1.07. The lowest BCUT2D eigenvalue weighted by Crippen LogP contribution is -2.56. The van der Waals surface area contributed by atoms with Crippen LogP contribution in [0.2, 0.25) is 0 Å². The minimum Gasteiger partial charge on any atom is -0.315 e. The molecular formula is C12H21N3OS. The molecule has 0 aliphatic carbocycles. The predicted molar refractivity (Wildman–Crippen MR) is 71.4 cm³/mol. The van der Waals surface area contributed by atoms with Gasteiger partial charge in [0.15, 0.2) is 0 Å². The van der Waals surface area contributed by atoms with E-state index in [4.69, 9.17) is 0 Å². The molecule has 1 saturated heterocycles. The number of thiazole rings is 1. The van der Waals surface area contributed by atoms with Crippen molar-refractivity contribution < 1.29 is 0 Å². The molecule has 2 heterocycles. The summed E-state index contributed by atoms with van der Waals surface area (Å²) < 4.78 is 0. The molecule has 1 aliphatic rings. The van der Waals surface area contributed by atoms with Crippen LogP contribution in [0, 0.1) is 5.92 Å². The summed E-state index contributed by atoms with van der Waals surface area (Å²) in [5, 5.41) is 5.46. The first kappa shape index (κ1) is 12.8. The van der Waals surface area contributed by atoms with E-state index in [0.717, 1.165) is 25.3 Å². The number of nitrogens with zero attached hydrogens (tertiary/aromatic N) is 1. The van der Waals surface area contributed by atoms with Crippen LogP contribution in [0.4, 0.5) is 0 Å². The zero-order valence-electron chi connectivity index (χ0n) is 10.7. The molecule has 5 heteroatoms. The van der Waals surface area contributed by atoms with E-state index in [0.29, 0.717) is 18.0 Å². The van der Waals surface area contributed by atoms with Gasteiger partial charge in [-0.3, -0.25) is 9.69 Å². The Balaban J connectivity index is 2.07. The zero-order valence-corrected chi connectivity index (χ0v) is 11.5. The van der Waals surface area contributed by atoms with Crippen LogP contribution >= 0.6 is 11.3 Å². The molecule has 17 heavy (non-hydrogen) atoms. The van der Waals surface area contributed by atoms with Gasteiger partial charge in [0, 0.05) is 42.8 Å². The van der Waals surface area contributed by atoms with E-state index in [1.165, 1.54) is 11.3 Å². The lowest BCUT2D eigenvalue weighted by Gasteiger charge is -2.41. The van der Waals surface area contributed by atoms with Crippen molar-refractivity contribution in [3.05, 3.63) is 20.7 Å². The molecule has 0 bridgehead atoms. The van der Waals surface area contributed by atoms with E-state index in [2.05, 4.69) is 36.0 Å². The van der Waals surface area contributed by atoms with Gasteiger partial charge in [-0.25, -0.2) is 0 Å². The Labute approximate surface area is 106 Å². The first-order valence-corrected chi connectivity index (χ1v) is 7.08. The van der Waals surface area contributed by atoms with Crippen molar-refractivity contribution in [3.8, 4) is 0 Å². The summed E-state index contributed by atoms with van der Waals surface area (Å²) in [5.41, 5.74) is 1.04. The van der Waals surface area contributed by atoms with Crippen LogP contribution < -0.4 is 10.2 Å². The number of H-pyrrole nitrogens is 1. The fourth-order valence-electron chi connectivity index (χ4n) is 2.45. The first-order chi connectivity index (χ1) is 8.06. The topological polar surface area (TPSA) is 48.1 Å². The quantitative estimate of drug-likeness (QED) is 0.855. The van der Waals surface area contributed by atoms with Gasteiger partial charge in [0.1, 0.15) is 0 Å². The van der Waals surface area contributed by atoms with Gasteiger partial charge in [0.25, 0.3) is 0 Å². The minimum absolute atomic E-state index is 0.0456. The molecule has 1 aliphatic heterocycles. The number of hydrogen-bond acceptors (Lipinski definition) is 4. The van der Waals surface area contributed by atoms with Gasteiger partial charge in [0.2, 0.25) is 0 Å². The maximum Gasteiger partial charge on any atom is 0.304 e. The Morgan fingerprint density at radius 1 is 1.59 bits per heavy atom. The summed E-state index contributed by atoms with van der Waals surface area (Å²) >= 11 is 1.25. The van der Waals surface area contributed by atoms with Gasteiger partial charge >= 0.3 is 4.87 Å². The summed E-state index contributed by atoms with van der Waals surface area (Å²) in [6.45, 7) is 9.65. The third-order valence-electron chi connectivity index (χ3n) is 3.37. The van der Waals surface area contributed by atoms with E-state index in [1.807, 2.05) is 5.38 Å². The number of piperazine rings is 1. The Hall–Kier alpha value is -0.650. The highest BCUT2D eigenvalue weighted by molar-refractivity contribution is 7.07. The van der Waals surface area contributed by atoms with Crippen LogP contribution in [0.1, 0.15) is 26.5 Å². The van der Waals surface area contributed by atoms with Crippen LogP contribution in [0.3, 0.4) is 0 Å². The highest BCUT2D eigenvalue weighted by Crippen LogP contribution is 2.17. The van der Waals surface area contributed by atoms with Crippen molar-refractivity contribution in [1.82, 2.24) is 15.2 Å². The second-order valence-corrected chi connectivity index (χ2v) is 6.07. The van der Waals surface area contributed by atoms with Crippen molar-refractivity contribution >= 4 is 11.3 Å². The fourth-order valence-corrected chi connectivity index (χ4v) is 3.02. The summed E-state index contributed by atoms with van der Waals surface area (Å²) in [7, 11) is 0. The molecule has 0 amide bonds. The van der Waals surface area contributed by atoms with E-state index in [9.17, 15) is 4.79 Å². The van der Waals surface area contributed by atoms with Crippen LogP contribution in [0.5, 0.6) is 0 Å². The van der Waals surface area contributed by atoms with Crippen LogP contribution in [0.15, 0.2) is 10.2 Å². The molecule has 0 aromatic carbocycles. The smallest absolute Gasteiger partial charge is 0.304 e.